The van der Waals surface area contributed by atoms with Crippen LogP contribution in [0.5, 0.6) is 0 Å². The Kier molecular flexibility index (Phi) is 2.58. The Hall–Kier alpha value is -0.0800. The fraction of sp³-hybridized carbons (Fsp3) is 1.00. The molecule has 0 radical (unpaired) electrons. The maximum Gasteiger partial charge on any atom is 0.0298 e. The van der Waals surface area contributed by atoms with Crippen molar-refractivity contribution in [3.05, 3.63) is 0 Å². The third-order valence-corrected chi connectivity index (χ3v) is 6.64. The molecule has 1 unspecified atom stereocenters. The fourth-order valence-electron chi connectivity index (χ4n) is 6.12. The van der Waals surface area contributed by atoms with Crippen molar-refractivity contribution in [1.82, 2.24) is 4.90 Å². The average Bonchev–Trinajstić information content (AvgIpc) is 2.63. The van der Waals surface area contributed by atoms with Gasteiger partial charge in [0.2, 0.25) is 0 Å². The van der Waals surface area contributed by atoms with Crippen molar-refractivity contribution in [3.8, 4) is 0 Å². The highest BCUT2D eigenvalue weighted by atomic mass is 15.2. The Morgan fingerprint density at radius 3 is 2.17 bits per heavy atom. The van der Waals surface area contributed by atoms with Crippen LogP contribution in [0.25, 0.3) is 0 Å². The molecule has 0 aromatic carbocycles. The molecule has 2 N–H and O–H groups in total. The second kappa shape index (κ2) is 3.96. The van der Waals surface area contributed by atoms with Gasteiger partial charge in [0.05, 0.1) is 0 Å². The van der Waals surface area contributed by atoms with E-state index in [9.17, 15) is 0 Å². The Morgan fingerprint density at radius 1 is 1.06 bits per heavy atom. The van der Waals surface area contributed by atoms with E-state index in [2.05, 4.69) is 11.9 Å². The Labute approximate surface area is 111 Å². The molecule has 1 saturated heterocycles. The zero-order valence-corrected chi connectivity index (χ0v) is 11.8. The second-order valence-electron chi connectivity index (χ2n) is 8.15. The van der Waals surface area contributed by atoms with Crippen LogP contribution in [0.15, 0.2) is 0 Å². The summed E-state index contributed by atoms with van der Waals surface area (Å²) < 4.78 is 0. The number of hydrogen-bond acceptors (Lipinski definition) is 2. The third kappa shape index (κ3) is 1.84. The highest BCUT2D eigenvalue weighted by Gasteiger charge is 2.50. The molecule has 5 aliphatic rings. The van der Waals surface area contributed by atoms with Crippen LogP contribution in [0.1, 0.15) is 44.9 Å². The van der Waals surface area contributed by atoms with Crippen molar-refractivity contribution in [2.75, 3.05) is 20.1 Å². The lowest BCUT2D eigenvalue weighted by molar-refractivity contribution is -0.0472. The fourth-order valence-corrected chi connectivity index (χ4v) is 6.12. The number of rotatable bonds is 2. The molecule has 5 fully saturated rings. The minimum Gasteiger partial charge on any atom is -0.324 e. The molecule has 0 aromatic heterocycles. The van der Waals surface area contributed by atoms with E-state index < -0.39 is 0 Å². The highest BCUT2D eigenvalue weighted by molar-refractivity contribution is 5.03. The molecule has 102 valence electrons. The average molecular weight is 248 g/mol. The zero-order chi connectivity index (χ0) is 12.3. The maximum absolute atomic E-state index is 6.69. The van der Waals surface area contributed by atoms with Crippen LogP contribution in [0.4, 0.5) is 0 Å². The van der Waals surface area contributed by atoms with Gasteiger partial charge >= 0.3 is 0 Å². The molecule has 1 aliphatic heterocycles. The molecule has 2 nitrogen and oxygen atoms in total. The molecular formula is C16H28N2. The van der Waals surface area contributed by atoms with Crippen LogP contribution < -0.4 is 5.73 Å². The lowest BCUT2D eigenvalue weighted by atomic mass is 9.50. The van der Waals surface area contributed by atoms with E-state index in [1.54, 1.807) is 32.1 Å². The minimum absolute atomic E-state index is 0.148. The summed E-state index contributed by atoms with van der Waals surface area (Å²) in [6.45, 7) is 2.35. The standard InChI is InChI=1S/C16H28N2/c1-18-3-2-16(17,10-18)9-15-13-5-11-4-12(7-13)8-14(15)6-11/h11-15H,2-10,17H2,1H3. The Morgan fingerprint density at radius 2 is 1.67 bits per heavy atom. The van der Waals surface area contributed by atoms with Gasteiger partial charge in [0.25, 0.3) is 0 Å². The lowest BCUT2D eigenvalue weighted by Crippen LogP contribution is -2.51. The van der Waals surface area contributed by atoms with Crippen LogP contribution in [0, 0.1) is 29.6 Å². The summed E-state index contributed by atoms with van der Waals surface area (Å²) >= 11 is 0. The lowest BCUT2D eigenvalue weighted by Gasteiger charge is -2.55. The monoisotopic (exact) mass is 248 g/mol. The van der Waals surface area contributed by atoms with E-state index in [1.807, 2.05) is 0 Å². The van der Waals surface area contributed by atoms with E-state index in [0.717, 1.165) is 36.1 Å². The van der Waals surface area contributed by atoms with Gasteiger partial charge in [-0.1, -0.05) is 0 Å². The van der Waals surface area contributed by atoms with Crippen molar-refractivity contribution in [2.24, 2.45) is 35.3 Å². The van der Waals surface area contributed by atoms with Gasteiger partial charge in [0.1, 0.15) is 0 Å². The van der Waals surface area contributed by atoms with Crippen molar-refractivity contribution < 1.29 is 0 Å². The van der Waals surface area contributed by atoms with Crippen LogP contribution >= 0.6 is 0 Å². The normalized spacial score (nSPS) is 55.3. The molecule has 4 aliphatic carbocycles. The van der Waals surface area contributed by atoms with Crippen molar-refractivity contribution >= 4 is 0 Å². The maximum atomic E-state index is 6.69. The van der Waals surface area contributed by atoms with Crippen LogP contribution in [-0.4, -0.2) is 30.6 Å². The zero-order valence-electron chi connectivity index (χ0n) is 11.8. The summed E-state index contributed by atoms with van der Waals surface area (Å²) in [4.78, 5) is 2.43. The molecule has 4 bridgehead atoms. The number of likely N-dealkylation sites (N-methyl/N-ethyl adjacent to an activating group) is 1. The summed E-state index contributed by atoms with van der Waals surface area (Å²) in [6.07, 6.45) is 10.3. The van der Waals surface area contributed by atoms with E-state index in [0.29, 0.717) is 0 Å². The Bertz CT molecular complexity index is 312. The number of likely N-dealkylation sites (tertiary alicyclic amines) is 1. The van der Waals surface area contributed by atoms with Gasteiger partial charge in [-0.3, -0.25) is 0 Å². The molecule has 4 saturated carbocycles. The second-order valence-corrected chi connectivity index (χ2v) is 8.15. The summed E-state index contributed by atoms with van der Waals surface area (Å²) in [7, 11) is 2.23. The van der Waals surface area contributed by atoms with E-state index in [-0.39, 0.29) is 5.54 Å². The first-order valence-corrected chi connectivity index (χ1v) is 8.09. The first-order valence-electron chi connectivity index (χ1n) is 8.09. The van der Waals surface area contributed by atoms with Crippen molar-refractivity contribution in [1.29, 1.82) is 0 Å². The predicted octanol–water partition coefficient (Wildman–Crippen LogP) is 2.48. The van der Waals surface area contributed by atoms with Crippen LogP contribution in [-0.2, 0) is 0 Å². The van der Waals surface area contributed by atoms with Crippen LogP contribution in [0.3, 0.4) is 0 Å². The third-order valence-electron chi connectivity index (χ3n) is 6.64. The molecule has 18 heavy (non-hydrogen) atoms. The van der Waals surface area contributed by atoms with Gasteiger partial charge in [0.15, 0.2) is 0 Å². The molecule has 1 heterocycles. The van der Waals surface area contributed by atoms with Gasteiger partial charge in [0, 0.05) is 12.1 Å². The number of nitrogens with zero attached hydrogens (tertiary/aromatic N) is 1. The summed E-state index contributed by atoms with van der Waals surface area (Å²) in [6, 6.07) is 0. The minimum atomic E-state index is 0.148. The predicted molar refractivity (Wildman–Crippen MR) is 74.2 cm³/mol. The molecule has 5 rings (SSSR count). The SMILES string of the molecule is CN1CCC(N)(CC2C3CC4CC(C3)CC2C4)C1. The van der Waals surface area contributed by atoms with E-state index in [1.165, 1.54) is 19.4 Å². The topological polar surface area (TPSA) is 29.3 Å². The molecule has 0 spiro atoms. The van der Waals surface area contributed by atoms with Crippen LogP contribution in [0.2, 0.25) is 0 Å². The van der Waals surface area contributed by atoms with Gasteiger partial charge in [-0.05, 0) is 88.1 Å². The highest BCUT2D eigenvalue weighted by Crippen LogP contribution is 2.58. The smallest absolute Gasteiger partial charge is 0.0298 e. The largest absolute Gasteiger partial charge is 0.324 e. The first-order chi connectivity index (χ1) is 8.61. The summed E-state index contributed by atoms with van der Waals surface area (Å²) in [5.41, 5.74) is 6.84. The summed E-state index contributed by atoms with van der Waals surface area (Å²) in [5.74, 6) is 5.28. The van der Waals surface area contributed by atoms with Gasteiger partial charge in [-0.25, -0.2) is 0 Å². The van der Waals surface area contributed by atoms with Gasteiger partial charge < -0.3 is 10.6 Å². The Balaban J connectivity index is 1.49. The summed E-state index contributed by atoms with van der Waals surface area (Å²) in [5, 5.41) is 0. The molecular weight excluding hydrogens is 220 g/mol. The molecule has 0 aromatic rings. The number of nitrogens with two attached hydrogens (primary N) is 1. The van der Waals surface area contributed by atoms with Crippen molar-refractivity contribution in [2.45, 2.75) is 50.5 Å². The van der Waals surface area contributed by atoms with Crippen molar-refractivity contribution in [3.63, 3.8) is 0 Å². The quantitative estimate of drug-likeness (QED) is 0.813. The van der Waals surface area contributed by atoms with Gasteiger partial charge in [-0.15, -0.1) is 0 Å². The first kappa shape index (κ1) is 11.7. The van der Waals surface area contributed by atoms with E-state index >= 15 is 0 Å². The van der Waals surface area contributed by atoms with Gasteiger partial charge in [-0.2, -0.15) is 0 Å². The molecule has 1 atom stereocenters. The van der Waals surface area contributed by atoms with E-state index in [4.69, 9.17) is 5.73 Å². The number of hydrogen-bond donors (Lipinski definition) is 1. The molecule has 0 amide bonds. The molecule has 2 heteroatoms.